The molecule has 0 unspecified atom stereocenters. The van der Waals surface area contributed by atoms with Crippen molar-refractivity contribution in [1.29, 1.82) is 0 Å². The Kier molecular flexibility index (Phi) is 5.00. The van der Waals surface area contributed by atoms with Crippen molar-refractivity contribution in [3.05, 3.63) is 71.7 Å². The fraction of sp³-hybridized carbons (Fsp3) is 0.227. The second kappa shape index (κ2) is 7.48. The molecule has 0 aliphatic carbocycles. The van der Waals surface area contributed by atoms with Crippen molar-refractivity contribution in [2.45, 2.75) is 24.5 Å². The summed E-state index contributed by atoms with van der Waals surface area (Å²) in [4.78, 5) is 14.7. The molecule has 0 atom stereocenters. The number of hydrogen-bond donors (Lipinski definition) is 0. The van der Waals surface area contributed by atoms with Crippen LogP contribution in [0.5, 0.6) is 0 Å². The third-order valence-electron chi connectivity index (χ3n) is 5.07. The van der Waals surface area contributed by atoms with Crippen LogP contribution in [0.3, 0.4) is 0 Å². The van der Waals surface area contributed by atoms with Crippen LogP contribution in [0, 0.1) is 5.82 Å². The van der Waals surface area contributed by atoms with E-state index in [2.05, 4.69) is 41.1 Å². The number of rotatable bonds is 5. The van der Waals surface area contributed by atoms with E-state index in [-0.39, 0.29) is 22.8 Å². The van der Waals surface area contributed by atoms with Gasteiger partial charge in [0.2, 0.25) is 5.89 Å². The Hall–Kier alpha value is -2.93. The minimum Gasteiger partial charge on any atom is -0.411 e. The molecule has 1 aliphatic rings. The molecule has 1 aromatic heterocycles. The lowest BCUT2D eigenvalue weighted by atomic mass is 9.83. The van der Waals surface area contributed by atoms with E-state index in [1.807, 2.05) is 19.2 Å². The molecule has 0 saturated heterocycles. The lowest BCUT2D eigenvalue weighted by molar-refractivity contribution is -0.112. The average Bonchev–Trinajstić information content (AvgIpc) is 3.25. The van der Waals surface area contributed by atoms with Crippen LogP contribution in [-0.4, -0.2) is 28.8 Å². The maximum atomic E-state index is 13.0. The zero-order valence-electron chi connectivity index (χ0n) is 16.3. The Morgan fingerprint density at radius 2 is 1.90 bits per heavy atom. The molecule has 148 valence electrons. The predicted octanol–water partition coefficient (Wildman–Crippen LogP) is 4.85. The molecule has 1 aliphatic heterocycles. The summed E-state index contributed by atoms with van der Waals surface area (Å²) in [6, 6.07) is 14.0. The standard InChI is InChI=1S/C22H20FN3O2S/c1-22(2)17-6-4-5-7-18(17)26(3)19(22)12-16(27)13-29-21-25-24-20(28-21)14-8-10-15(23)11-9-14/h4-12H,13H2,1-3H3. The van der Waals surface area contributed by atoms with Crippen LogP contribution < -0.4 is 4.90 Å². The van der Waals surface area contributed by atoms with Gasteiger partial charge in [0, 0.05) is 35.5 Å². The van der Waals surface area contributed by atoms with Crippen molar-refractivity contribution in [2.75, 3.05) is 17.7 Å². The molecule has 0 amide bonds. The second-order valence-electron chi connectivity index (χ2n) is 7.37. The van der Waals surface area contributed by atoms with Gasteiger partial charge in [-0.1, -0.05) is 43.8 Å². The van der Waals surface area contributed by atoms with Crippen molar-refractivity contribution in [3.8, 4) is 11.5 Å². The van der Waals surface area contributed by atoms with Crippen LogP contribution in [0.1, 0.15) is 19.4 Å². The number of ketones is 1. The van der Waals surface area contributed by atoms with Crippen LogP contribution >= 0.6 is 11.8 Å². The monoisotopic (exact) mass is 409 g/mol. The van der Waals surface area contributed by atoms with Crippen molar-refractivity contribution in [2.24, 2.45) is 0 Å². The Bertz CT molecular complexity index is 1090. The Morgan fingerprint density at radius 1 is 1.17 bits per heavy atom. The zero-order valence-corrected chi connectivity index (χ0v) is 17.2. The summed E-state index contributed by atoms with van der Waals surface area (Å²) >= 11 is 1.19. The molecule has 0 bridgehead atoms. The van der Waals surface area contributed by atoms with Gasteiger partial charge in [0.05, 0.1) is 5.75 Å². The molecule has 0 saturated carbocycles. The largest absolute Gasteiger partial charge is 0.411 e. The summed E-state index contributed by atoms with van der Waals surface area (Å²) < 4.78 is 18.6. The third kappa shape index (κ3) is 3.70. The quantitative estimate of drug-likeness (QED) is 0.444. The predicted molar refractivity (Wildman–Crippen MR) is 111 cm³/mol. The number of aromatic nitrogens is 2. The first kappa shape index (κ1) is 19.4. The van der Waals surface area contributed by atoms with Crippen molar-refractivity contribution in [3.63, 3.8) is 0 Å². The first-order valence-electron chi connectivity index (χ1n) is 9.17. The molecular formula is C22H20FN3O2S. The van der Waals surface area contributed by atoms with Crippen LogP contribution in [0.25, 0.3) is 11.5 Å². The van der Waals surface area contributed by atoms with Gasteiger partial charge in [-0.05, 0) is 35.9 Å². The number of nitrogens with zero attached hydrogens (tertiary/aromatic N) is 3. The van der Waals surface area contributed by atoms with Gasteiger partial charge in [-0.25, -0.2) is 4.39 Å². The highest BCUT2D eigenvalue weighted by Crippen LogP contribution is 2.46. The topological polar surface area (TPSA) is 59.2 Å². The Labute approximate surface area is 172 Å². The summed E-state index contributed by atoms with van der Waals surface area (Å²) in [6.07, 6.45) is 1.70. The van der Waals surface area contributed by atoms with Crippen LogP contribution in [-0.2, 0) is 10.2 Å². The van der Waals surface area contributed by atoms with E-state index in [1.165, 1.54) is 29.5 Å². The van der Waals surface area contributed by atoms with E-state index in [1.54, 1.807) is 18.2 Å². The molecule has 0 fully saturated rings. The fourth-order valence-corrected chi connectivity index (χ4v) is 4.15. The smallest absolute Gasteiger partial charge is 0.277 e. The second-order valence-corrected chi connectivity index (χ2v) is 8.29. The minimum atomic E-state index is -0.330. The first-order chi connectivity index (χ1) is 13.9. The molecule has 0 N–H and O–H groups in total. The number of likely N-dealkylation sites (N-methyl/N-ethyl adjacent to an activating group) is 1. The third-order valence-corrected chi connectivity index (χ3v) is 5.91. The molecule has 7 heteroatoms. The normalized spacial score (nSPS) is 16.3. The molecule has 2 heterocycles. The fourth-order valence-electron chi connectivity index (χ4n) is 3.56. The molecule has 2 aromatic carbocycles. The number of fused-ring (bicyclic) bond motifs is 1. The number of carbonyl (C=O) groups is 1. The van der Waals surface area contributed by atoms with E-state index in [0.717, 1.165) is 11.4 Å². The molecule has 4 rings (SSSR count). The van der Waals surface area contributed by atoms with Gasteiger partial charge < -0.3 is 9.32 Å². The summed E-state index contributed by atoms with van der Waals surface area (Å²) in [5.74, 6) is 0.127. The van der Waals surface area contributed by atoms with Gasteiger partial charge in [0.15, 0.2) is 5.78 Å². The Balaban J connectivity index is 1.45. The number of halogens is 1. The molecule has 29 heavy (non-hydrogen) atoms. The average molecular weight is 409 g/mol. The van der Waals surface area contributed by atoms with Crippen LogP contribution in [0.2, 0.25) is 0 Å². The molecule has 0 spiro atoms. The van der Waals surface area contributed by atoms with Gasteiger partial charge in [0.25, 0.3) is 5.22 Å². The van der Waals surface area contributed by atoms with E-state index in [9.17, 15) is 9.18 Å². The lowest BCUT2D eigenvalue weighted by Gasteiger charge is -2.23. The number of hydrogen-bond acceptors (Lipinski definition) is 6. The molecule has 5 nitrogen and oxygen atoms in total. The Morgan fingerprint density at radius 3 is 2.62 bits per heavy atom. The van der Waals surface area contributed by atoms with E-state index >= 15 is 0 Å². The van der Waals surface area contributed by atoms with Gasteiger partial charge >= 0.3 is 0 Å². The number of carbonyl (C=O) groups excluding carboxylic acids is 1. The summed E-state index contributed by atoms with van der Waals surface area (Å²) in [5, 5.41) is 8.23. The zero-order chi connectivity index (χ0) is 20.6. The summed E-state index contributed by atoms with van der Waals surface area (Å²) in [7, 11) is 1.98. The van der Waals surface area contributed by atoms with E-state index in [4.69, 9.17) is 4.42 Å². The molecular weight excluding hydrogens is 389 g/mol. The van der Waals surface area contributed by atoms with E-state index < -0.39 is 0 Å². The van der Waals surface area contributed by atoms with Gasteiger partial charge in [0.1, 0.15) is 5.82 Å². The minimum absolute atomic E-state index is 0.0285. The maximum absolute atomic E-state index is 13.0. The van der Waals surface area contributed by atoms with Gasteiger partial charge in [-0.3, -0.25) is 4.79 Å². The molecule has 0 radical (unpaired) electrons. The SMILES string of the molecule is CN1C(=CC(=O)CSc2nnc(-c3ccc(F)cc3)o2)C(C)(C)c2ccccc21. The summed E-state index contributed by atoms with van der Waals surface area (Å²) in [5.41, 5.74) is 3.67. The number of anilines is 1. The first-order valence-corrected chi connectivity index (χ1v) is 10.2. The number of benzene rings is 2. The highest BCUT2D eigenvalue weighted by atomic mass is 32.2. The van der Waals surface area contributed by atoms with Gasteiger partial charge in [-0.15, -0.1) is 10.2 Å². The summed E-state index contributed by atoms with van der Waals surface area (Å²) in [6.45, 7) is 4.24. The maximum Gasteiger partial charge on any atom is 0.277 e. The van der Waals surface area contributed by atoms with Crippen molar-refractivity contribution < 1.29 is 13.6 Å². The highest BCUT2D eigenvalue weighted by molar-refractivity contribution is 7.99. The number of allylic oxidation sites excluding steroid dienone is 2. The molecule has 3 aromatic rings. The van der Waals surface area contributed by atoms with Gasteiger partial charge in [-0.2, -0.15) is 0 Å². The lowest BCUT2D eigenvalue weighted by Crippen LogP contribution is -2.24. The number of para-hydroxylation sites is 1. The van der Waals surface area contributed by atoms with Crippen molar-refractivity contribution in [1.82, 2.24) is 10.2 Å². The van der Waals surface area contributed by atoms with Crippen LogP contribution in [0.15, 0.2) is 69.9 Å². The number of thioether (sulfide) groups is 1. The highest BCUT2D eigenvalue weighted by Gasteiger charge is 2.38. The van der Waals surface area contributed by atoms with Crippen LogP contribution in [0.4, 0.5) is 10.1 Å². The van der Waals surface area contributed by atoms with Crippen molar-refractivity contribution >= 4 is 23.2 Å². The van der Waals surface area contributed by atoms with E-state index in [0.29, 0.717) is 16.7 Å².